The van der Waals surface area contributed by atoms with E-state index in [1.807, 2.05) is 6.92 Å². The molecule has 0 spiro atoms. The summed E-state index contributed by atoms with van der Waals surface area (Å²) in [6.07, 6.45) is 1.09. The minimum Gasteiger partial charge on any atom is -0.480 e. The van der Waals surface area contributed by atoms with E-state index in [9.17, 15) is 18.0 Å². The standard InChI is InChI=1S/C16H22N2O5S/c1-4-7-17(10-16(20)21)24(22,23)14-5-6-15-13(9-14)8-11(2)18(15)12(3)19/h5-6,9,11H,4,7-8,10H2,1-3H3,(H,20,21). The van der Waals surface area contributed by atoms with E-state index >= 15 is 0 Å². The summed E-state index contributed by atoms with van der Waals surface area (Å²) in [5.41, 5.74) is 1.50. The lowest BCUT2D eigenvalue weighted by Gasteiger charge is -2.22. The Kier molecular flexibility index (Phi) is 5.29. The number of anilines is 1. The van der Waals surface area contributed by atoms with Crippen LogP contribution in [0.2, 0.25) is 0 Å². The van der Waals surface area contributed by atoms with Crippen molar-refractivity contribution in [2.75, 3.05) is 18.0 Å². The van der Waals surface area contributed by atoms with Crippen molar-refractivity contribution in [3.05, 3.63) is 23.8 Å². The van der Waals surface area contributed by atoms with Gasteiger partial charge in [-0.3, -0.25) is 9.59 Å². The van der Waals surface area contributed by atoms with Crippen molar-refractivity contribution < 1.29 is 23.1 Å². The summed E-state index contributed by atoms with van der Waals surface area (Å²) < 4.78 is 26.4. The van der Waals surface area contributed by atoms with Crippen LogP contribution in [0.15, 0.2) is 23.1 Å². The SMILES string of the molecule is CCCN(CC(=O)O)S(=O)(=O)c1ccc2c(c1)CC(C)N2C(C)=O. The predicted molar refractivity (Wildman–Crippen MR) is 89.5 cm³/mol. The second-order valence-electron chi connectivity index (χ2n) is 5.97. The van der Waals surface area contributed by atoms with E-state index in [1.165, 1.54) is 13.0 Å². The molecule has 0 saturated heterocycles. The van der Waals surface area contributed by atoms with Crippen molar-refractivity contribution in [1.29, 1.82) is 0 Å². The third kappa shape index (κ3) is 3.44. The molecule has 0 aliphatic carbocycles. The van der Waals surface area contributed by atoms with Crippen molar-refractivity contribution in [2.24, 2.45) is 0 Å². The van der Waals surface area contributed by atoms with Gasteiger partial charge in [-0.05, 0) is 43.5 Å². The number of carbonyl (C=O) groups is 2. The zero-order valence-electron chi connectivity index (χ0n) is 14.0. The number of aliphatic carboxylic acids is 1. The first-order valence-electron chi connectivity index (χ1n) is 7.83. The Morgan fingerprint density at radius 1 is 1.38 bits per heavy atom. The minimum absolute atomic E-state index is 0.0266. The summed E-state index contributed by atoms with van der Waals surface area (Å²) in [7, 11) is -3.89. The van der Waals surface area contributed by atoms with Crippen LogP contribution >= 0.6 is 0 Å². The zero-order chi connectivity index (χ0) is 18.1. The van der Waals surface area contributed by atoms with Gasteiger partial charge in [0.1, 0.15) is 6.54 Å². The Labute approximate surface area is 141 Å². The Hall–Kier alpha value is -1.93. The minimum atomic E-state index is -3.89. The molecule has 0 radical (unpaired) electrons. The molecule has 1 aromatic rings. The van der Waals surface area contributed by atoms with Gasteiger partial charge in [0.25, 0.3) is 0 Å². The van der Waals surface area contributed by atoms with Gasteiger partial charge in [0, 0.05) is 25.2 Å². The van der Waals surface area contributed by atoms with Crippen LogP contribution in [-0.4, -0.2) is 48.8 Å². The molecule has 1 aliphatic rings. The third-order valence-electron chi connectivity index (χ3n) is 4.03. The topological polar surface area (TPSA) is 95.0 Å². The summed E-state index contributed by atoms with van der Waals surface area (Å²) >= 11 is 0. The highest BCUT2D eigenvalue weighted by atomic mass is 32.2. The highest BCUT2D eigenvalue weighted by molar-refractivity contribution is 7.89. The average Bonchev–Trinajstić information content (AvgIpc) is 2.81. The van der Waals surface area contributed by atoms with Crippen LogP contribution in [0, 0.1) is 0 Å². The maximum Gasteiger partial charge on any atom is 0.318 e. The molecule has 1 unspecified atom stereocenters. The molecular formula is C16H22N2O5S. The molecule has 132 valence electrons. The van der Waals surface area contributed by atoms with Gasteiger partial charge < -0.3 is 10.0 Å². The van der Waals surface area contributed by atoms with Gasteiger partial charge in [0.15, 0.2) is 0 Å². The lowest BCUT2D eigenvalue weighted by atomic mass is 10.1. The van der Waals surface area contributed by atoms with Gasteiger partial charge in [-0.25, -0.2) is 8.42 Å². The van der Waals surface area contributed by atoms with Crippen molar-refractivity contribution in [1.82, 2.24) is 4.31 Å². The maximum absolute atomic E-state index is 12.7. The monoisotopic (exact) mass is 354 g/mol. The number of benzene rings is 1. The quantitative estimate of drug-likeness (QED) is 0.835. The fraction of sp³-hybridized carbons (Fsp3) is 0.500. The second kappa shape index (κ2) is 6.90. The van der Waals surface area contributed by atoms with Gasteiger partial charge in [-0.15, -0.1) is 0 Å². The largest absolute Gasteiger partial charge is 0.480 e. The van der Waals surface area contributed by atoms with E-state index in [4.69, 9.17) is 5.11 Å². The zero-order valence-corrected chi connectivity index (χ0v) is 14.8. The number of hydrogen-bond donors (Lipinski definition) is 1. The van der Waals surface area contributed by atoms with Crippen LogP contribution < -0.4 is 4.90 Å². The first-order chi connectivity index (χ1) is 11.2. The van der Waals surface area contributed by atoms with E-state index in [0.29, 0.717) is 18.5 Å². The van der Waals surface area contributed by atoms with E-state index in [1.54, 1.807) is 24.0 Å². The normalized spacial score (nSPS) is 17.2. The predicted octanol–water partition coefficient (Wildman–Crippen LogP) is 1.47. The van der Waals surface area contributed by atoms with Crippen LogP contribution in [0.1, 0.15) is 32.8 Å². The Morgan fingerprint density at radius 2 is 2.04 bits per heavy atom. The Balaban J connectivity index is 2.41. The van der Waals surface area contributed by atoms with Gasteiger partial charge >= 0.3 is 5.97 Å². The van der Waals surface area contributed by atoms with Crippen molar-refractivity contribution in [3.63, 3.8) is 0 Å². The van der Waals surface area contributed by atoms with Gasteiger partial charge in [0.2, 0.25) is 15.9 Å². The Morgan fingerprint density at radius 3 is 2.58 bits per heavy atom. The lowest BCUT2D eigenvalue weighted by Crippen LogP contribution is -2.36. The molecule has 0 bridgehead atoms. The molecule has 8 heteroatoms. The fourth-order valence-electron chi connectivity index (χ4n) is 3.08. The molecule has 2 rings (SSSR count). The molecule has 7 nitrogen and oxygen atoms in total. The molecular weight excluding hydrogens is 332 g/mol. The van der Waals surface area contributed by atoms with E-state index in [0.717, 1.165) is 9.87 Å². The molecule has 1 heterocycles. The molecule has 1 aliphatic heterocycles. The number of sulfonamides is 1. The summed E-state index contributed by atoms with van der Waals surface area (Å²) in [5.74, 6) is -1.28. The van der Waals surface area contributed by atoms with Crippen molar-refractivity contribution in [3.8, 4) is 0 Å². The van der Waals surface area contributed by atoms with Gasteiger partial charge in [0.05, 0.1) is 4.90 Å². The van der Waals surface area contributed by atoms with E-state index in [-0.39, 0.29) is 23.4 Å². The van der Waals surface area contributed by atoms with Crippen LogP contribution in [0.3, 0.4) is 0 Å². The second-order valence-corrected chi connectivity index (χ2v) is 7.90. The number of nitrogens with zero attached hydrogens (tertiary/aromatic N) is 2. The maximum atomic E-state index is 12.7. The summed E-state index contributed by atoms with van der Waals surface area (Å²) in [6.45, 7) is 4.75. The molecule has 1 amide bonds. The smallest absolute Gasteiger partial charge is 0.318 e. The summed E-state index contributed by atoms with van der Waals surface area (Å²) in [6, 6.07) is 4.58. The third-order valence-corrected chi connectivity index (χ3v) is 5.87. The average molecular weight is 354 g/mol. The van der Waals surface area contributed by atoms with Crippen LogP contribution in [0.5, 0.6) is 0 Å². The van der Waals surface area contributed by atoms with Crippen molar-refractivity contribution in [2.45, 2.75) is 44.6 Å². The fourth-order valence-corrected chi connectivity index (χ4v) is 4.61. The summed E-state index contributed by atoms with van der Waals surface area (Å²) in [4.78, 5) is 24.4. The number of hydrogen-bond acceptors (Lipinski definition) is 4. The number of carboxylic acids is 1. The van der Waals surface area contributed by atoms with Gasteiger partial charge in [-0.2, -0.15) is 4.31 Å². The number of rotatable bonds is 6. The van der Waals surface area contributed by atoms with Gasteiger partial charge in [-0.1, -0.05) is 6.92 Å². The van der Waals surface area contributed by atoms with Crippen LogP contribution in [0.4, 0.5) is 5.69 Å². The highest BCUT2D eigenvalue weighted by Crippen LogP contribution is 2.34. The summed E-state index contributed by atoms with van der Waals surface area (Å²) in [5, 5.41) is 8.96. The molecule has 1 atom stereocenters. The van der Waals surface area contributed by atoms with E-state index in [2.05, 4.69) is 0 Å². The number of amides is 1. The van der Waals surface area contributed by atoms with Crippen LogP contribution in [0.25, 0.3) is 0 Å². The van der Waals surface area contributed by atoms with E-state index < -0.39 is 22.5 Å². The first kappa shape index (κ1) is 18.4. The molecule has 1 N–H and O–H groups in total. The van der Waals surface area contributed by atoms with Crippen LogP contribution in [-0.2, 0) is 26.0 Å². The van der Waals surface area contributed by atoms with Crippen molar-refractivity contribution >= 4 is 27.6 Å². The number of carbonyl (C=O) groups excluding carboxylic acids is 1. The highest BCUT2D eigenvalue weighted by Gasteiger charge is 2.32. The molecule has 1 aromatic carbocycles. The number of carboxylic acid groups (broad SMARTS) is 1. The lowest BCUT2D eigenvalue weighted by molar-refractivity contribution is -0.137. The molecule has 24 heavy (non-hydrogen) atoms. The number of fused-ring (bicyclic) bond motifs is 1. The first-order valence-corrected chi connectivity index (χ1v) is 9.27. The Bertz CT molecular complexity index is 760. The molecule has 0 aromatic heterocycles. The molecule has 0 fully saturated rings. The molecule has 0 saturated carbocycles.